The van der Waals surface area contributed by atoms with Gasteiger partial charge in [-0.3, -0.25) is 4.79 Å². The summed E-state index contributed by atoms with van der Waals surface area (Å²) in [6.07, 6.45) is 20.2. The first-order valence-corrected chi connectivity index (χ1v) is 8.99. The van der Waals surface area contributed by atoms with Gasteiger partial charge in [-0.25, -0.2) is 0 Å². The summed E-state index contributed by atoms with van der Waals surface area (Å²) in [4.78, 5) is 10.3. The first kappa shape index (κ1) is 27.8. The molecule has 4 heteroatoms. The minimum atomic E-state index is -0.653. The van der Waals surface area contributed by atoms with Crippen molar-refractivity contribution in [3.05, 3.63) is 0 Å². The first-order chi connectivity index (χ1) is 9.77. The normalized spacial score (nSPS) is 9.86. The third kappa shape index (κ3) is 25.9. The van der Waals surface area contributed by atoms with E-state index in [9.17, 15) is 4.79 Å². The second-order valence-electron chi connectivity index (χ2n) is 6.09. The van der Waals surface area contributed by atoms with Crippen molar-refractivity contribution < 1.29 is 56.4 Å². The van der Waals surface area contributed by atoms with Gasteiger partial charge in [0.15, 0.2) is 0 Å². The molecular weight excluding hydrogens is 351 g/mol. The average molecular weight is 387 g/mol. The van der Waals surface area contributed by atoms with Crippen molar-refractivity contribution in [1.29, 1.82) is 0 Å². The van der Waals surface area contributed by atoms with E-state index in [0.29, 0.717) is 6.42 Å². The monoisotopic (exact) mass is 386 g/mol. The summed E-state index contributed by atoms with van der Waals surface area (Å²) < 4.78 is 0. The molecule has 128 valence electrons. The Morgan fingerprint density at radius 2 is 0.909 bits per heavy atom. The van der Waals surface area contributed by atoms with Crippen molar-refractivity contribution in [1.82, 2.24) is 0 Å². The molecule has 1 N–H and O–H groups in total. The van der Waals surface area contributed by atoms with Crippen LogP contribution in [0.5, 0.6) is 0 Å². The zero-order valence-corrected chi connectivity index (χ0v) is 18.6. The SMILES string of the molecule is CCCCCCCCCCCCCCCCCC(=O)O.[Br-].[Na+]. The number of hydrogen-bond donors (Lipinski definition) is 1. The van der Waals surface area contributed by atoms with Crippen LogP contribution in [0.15, 0.2) is 0 Å². The molecule has 0 bridgehead atoms. The third-order valence-electron chi connectivity index (χ3n) is 3.99. The number of carboxylic acid groups (broad SMARTS) is 1. The fraction of sp³-hybridized carbons (Fsp3) is 0.944. The van der Waals surface area contributed by atoms with Crippen LogP contribution in [0.4, 0.5) is 0 Å². The van der Waals surface area contributed by atoms with Gasteiger partial charge in [-0.05, 0) is 6.42 Å². The van der Waals surface area contributed by atoms with E-state index in [0.717, 1.165) is 12.8 Å². The number of carbonyl (C=O) groups is 1. The topological polar surface area (TPSA) is 37.3 Å². The summed E-state index contributed by atoms with van der Waals surface area (Å²) in [5, 5.41) is 8.52. The number of aliphatic carboxylic acids is 1. The second-order valence-corrected chi connectivity index (χ2v) is 6.09. The fourth-order valence-corrected chi connectivity index (χ4v) is 2.65. The summed E-state index contributed by atoms with van der Waals surface area (Å²) in [5.74, 6) is -0.653. The smallest absolute Gasteiger partial charge is 1.00 e. The zero-order chi connectivity index (χ0) is 14.9. The van der Waals surface area contributed by atoms with Crippen LogP contribution >= 0.6 is 0 Å². The molecule has 0 unspecified atom stereocenters. The Bertz CT molecular complexity index is 213. The third-order valence-corrected chi connectivity index (χ3v) is 3.99. The van der Waals surface area contributed by atoms with Crippen molar-refractivity contribution in [2.45, 2.75) is 110 Å². The van der Waals surface area contributed by atoms with Crippen LogP contribution < -0.4 is 46.5 Å². The van der Waals surface area contributed by atoms with Gasteiger partial charge in [-0.2, -0.15) is 0 Å². The Morgan fingerprint density at radius 3 is 1.18 bits per heavy atom. The summed E-state index contributed by atoms with van der Waals surface area (Å²) in [7, 11) is 0. The van der Waals surface area contributed by atoms with E-state index in [1.165, 1.54) is 83.5 Å². The minimum absolute atomic E-state index is 0. The average Bonchev–Trinajstić information content (AvgIpc) is 2.43. The maximum atomic E-state index is 10.3. The fourth-order valence-electron chi connectivity index (χ4n) is 2.65. The maximum Gasteiger partial charge on any atom is 1.00 e. The minimum Gasteiger partial charge on any atom is -1.00 e. The number of carboxylic acids is 1. The maximum absolute atomic E-state index is 10.3. The standard InChI is InChI=1S/C18H36O2.BrH.Na/c1-2-3-4-5-6-7-8-9-10-11-12-13-14-15-16-17-18(19)20;;/h2-17H2,1H3,(H,19,20);1H;/q;;+1/p-1. The number of halogens is 1. The molecule has 0 aromatic heterocycles. The van der Waals surface area contributed by atoms with Crippen molar-refractivity contribution in [2.75, 3.05) is 0 Å². The van der Waals surface area contributed by atoms with Crippen molar-refractivity contribution in [3.63, 3.8) is 0 Å². The van der Waals surface area contributed by atoms with Gasteiger partial charge in [0.05, 0.1) is 0 Å². The molecule has 0 aromatic carbocycles. The molecule has 0 atom stereocenters. The number of hydrogen-bond acceptors (Lipinski definition) is 1. The Kier molecular flexibility index (Phi) is 30.6. The molecule has 0 amide bonds. The Morgan fingerprint density at radius 1 is 0.636 bits per heavy atom. The summed E-state index contributed by atoms with van der Waals surface area (Å²) >= 11 is 0. The van der Waals surface area contributed by atoms with Gasteiger partial charge in [0.2, 0.25) is 0 Å². The predicted molar refractivity (Wildman–Crippen MR) is 87.2 cm³/mol. The van der Waals surface area contributed by atoms with Crippen LogP contribution in [0.25, 0.3) is 0 Å². The van der Waals surface area contributed by atoms with Gasteiger partial charge in [0.1, 0.15) is 0 Å². The van der Waals surface area contributed by atoms with Gasteiger partial charge < -0.3 is 22.1 Å². The van der Waals surface area contributed by atoms with Crippen LogP contribution in [-0.4, -0.2) is 11.1 Å². The molecule has 0 aliphatic heterocycles. The molecule has 0 aliphatic carbocycles. The molecule has 0 saturated heterocycles. The number of unbranched alkanes of at least 4 members (excludes halogenated alkanes) is 14. The van der Waals surface area contributed by atoms with E-state index < -0.39 is 5.97 Å². The van der Waals surface area contributed by atoms with Crippen LogP contribution in [0, 0.1) is 0 Å². The van der Waals surface area contributed by atoms with Crippen LogP contribution in [0.3, 0.4) is 0 Å². The van der Waals surface area contributed by atoms with E-state index >= 15 is 0 Å². The molecule has 0 spiro atoms. The molecule has 0 saturated carbocycles. The van der Waals surface area contributed by atoms with Gasteiger partial charge in [0, 0.05) is 6.42 Å². The summed E-state index contributed by atoms with van der Waals surface area (Å²) in [6.45, 7) is 2.27. The van der Waals surface area contributed by atoms with Crippen LogP contribution in [0.2, 0.25) is 0 Å². The summed E-state index contributed by atoms with van der Waals surface area (Å²) in [6, 6.07) is 0. The molecule has 0 aliphatic rings. The van der Waals surface area contributed by atoms with E-state index in [-0.39, 0.29) is 46.5 Å². The molecule has 0 aromatic rings. The molecular formula is C18H36BrNaO2. The Labute approximate surface area is 171 Å². The van der Waals surface area contributed by atoms with Crippen molar-refractivity contribution in [2.24, 2.45) is 0 Å². The molecule has 0 heterocycles. The predicted octanol–water partition coefficient (Wildman–Crippen LogP) is 0.341. The van der Waals surface area contributed by atoms with E-state index in [1.807, 2.05) is 0 Å². The van der Waals surface area contributed by atoms with E-state index in [2.05, 4.69) is 6.92 Å². The zero-order valence-electron chi connectivity index (χ0n) is 15.0. The number of rotatable bonds is 16. The Hall–Kier alpha value is 0.950. The van der Waals surface area contributed by atoms with E-state index in [4.69, 9.17) is 5.11 Å². The largest absolute Gasteiger partial charge is 1.00 e. The van der Waals surface area contributed by atoms with Gasteiger partial charge in [0.25, 0.3) is 0 Å². The van der Waals surface area contributed by atoms with Gasteiger partial charge in [-0.15, -0.1) is 0 Å². The Balaban J connectivity index is -0.00000180. The molecule has 0 fully saturated rings. The van der Waals surface area contributed by atoms with Gasteiger partial charge in [-0.1, -0.05) is 96.8 Å². The molecule has 22 heavy (non-hydrogen) atoms. The van der Waals surface area contributed by atoms with Crippen molar-refractivity contribution in [3.8, 4) is 0 Å². The van der Waals surface area contributed by atoms with Crippen LogP contribution in [0.1, 0.15) is 110 Å². The quantitative estimate of drug-likeness (QED) is 0.306. The summed E-state index contributed by atoms with van der Waals surface area (Å²) in [5.41, 5.74) is 0. The molecule has 2 nitrogen and oxygen atoms in total. The molecule has 0 radical (unpaired) electrons. The van der Waals surface area contributed by atoms with Crippen LogP contribution in [-0.2, 0) is 4.79 Å². The first-order valence-electron chi connectivity index (χ1n) is 8.99. The van der Waals surface area contributed by atoms with E-state index in [1.54, 1.807) is 0 Å². The second kappa shape index (κ2) is 24.2. The van der Waals surface area contributed by atoms with Crippen molar-refractivity contribution >= 4 is 5.97 Å². The van der Waals surface area contributed by atoms with Gasteiger partial charge >= 0.3 is 35.5 Å². The molecule has 0 rings (SSSR count).